The topological polar surface area (TPSA) is 100 Å². The average Bonchev–Trinajstić information content (AvgIpc) is 3.33. The van der Waals surface area contributed by atoms with E-state index < -0.39 is 5.91 Å². The highest BCUT2D eigenvalue weighted by molar-refractivity contribution is 5.97. The lowest BCUT2D eigenvalue weighted by atomic mass is 10.2. The van der Waals surface area contributed by atoms with Gasteiger partial charge >= 0.3 is 0 Å². The highest BCUT2D eigenvalue weighted by Gasteiger charge is 2.13. The van der Waals surface area contributed by atoms with Crippen LogP contribution in [0.4, 0.5) is 0 Å². The molecule has 0 unspecified atom stereocenters. The first-order chi connectivity index (χ1) is 12.7. The predicted octanol–water partition coefficient (Wildman–Crippen LogP) is 3.62. The summed E-state index contributed by atoms with van der Waals surface area (Å²) < 4.78 is 11.1. The SMILES string of the molecule is COc1ccc(-c2ccc(-c3nc4ccc(C(=O)NO)cc4[nH]3)o2)cc1. The number of nitrogens with one attached hydrogen (secondary N) is 2. The van der Waals surface area contributed by atoms with Crippen LogP contribution in [0.15, 0.2) is 59.0 Å². The minimum Gasteiger partial charge on any atom is -0.497 e. The summed E-state index contributed by atoms with van der Waals surface area (Å²) >= 11 is 0. The van der Waals surface area contributed by atoms with E-state index in [0.29, 0.717) is 33.9 Å². The maximum absolute atomic E-state index is 11.5. The van der Waals surface area contributed by atoms with Gasteiger partial charge in [0.05, 0.1) is 18.1 Å². The molecule has 2 aromatic heterocycles. The second-order valence-electron chi connectivity index (χ2n) is 5.65. The zero-order valence-electron chi connectivity index (χ0n) is 13.8. The smallest absolute Gasteiger partial charge is 0.274 e. The van der Waals surface area contributed by atoms with Gasteiger partial charge in [0, 0.05) is 11.1 Å². The first kappa shape index (κ1) is 15.9. The summed E-state index contributed by atoms with van der Waals surface area (Å²) in [6.45, 7) is 0. The Morgan fingerprint density at radius 1 is 1.12 bits per heavy atom. The quantitative estimate of drug-likeness (QED) is 0.386. The molecule has 0 saturated carbocycles. The van der Waals surface area contributed by atoms with Crippen LogP contribution < -0.4 is 10.2 Å². The van der Waals surface area contributed by atoms with Crippen molar-refractivity contribution < 1.29 is 19.2 Å². The molecule has 0 radical (unpaired) electrons. The monoisotopic (exact) mass is 349 g/mol. The highest BCUT2D eigenvalue weighted by atomic mass is 16.5. The summed E-state index contributed by atoms with van der Waals surface area (Å²) in [5, 5.41) is 8.74. The first-order valence-corrected chi connectivity index (χ1v) is 7.87. The number of aromatic amines is 1. The molecule has 4 aromatic rings. The van der Waals surface area contributed by atoms with E-state index in [0.717, 1.165) is 11.3 Å². The number of carbonyl (C=O) groups excluding carboxylic acids is 1. The van der Waals surface area contributed by atoms with Crippen molar-refractivity contribution in [3.05, 3.63) is 60.2 Å². The van der Waals surface area contributed by atoms with Gasteiger partial charge in [-0.05, 0) is 54.6 Å². The molecule has 7 nitrogen and oxygen atoms in total. The number of furan rings is 1. The van der Waals surface area contributed by atoms with Crippen molar-refractivity contribution in [2.45, 2.75) is 0 Å². The van der Waals surface area contributed by atoms with Gasteiger partial charge in [-0.25, -0.2) is 10.5 Å². The molecule has 0 spiro atoms. The Hall–Kier alpha value is -3.58. The summed E-state index contributed by atoms with van der Waals surface area (Å²) in [6, 6.07) is 16.2. The van der Waals surface area contributed by atoms with Gasteiger partial charge in [-0.2, -0.15) is 0 Å². The molecule has 0 atom stereocenters. The summed E-state index contributed by atoms with van der Waals surface area (Å²) in [7, 11) is 1.62. The van der Waals surface area contributed by atoms with Crippen LogP contribution in [0.5, 0.6) is 5.75 Å². The largest absolute Gasteiger partial charge is 0.497 e. The lowest BCUT2D eigenvalue weighted by molar-refractivity contribution is 0.0706. The molecule has 130 valence electrons. The molecule has 0 aliphatic rings. The van der Waals surface area contributed by atoms with E-state index in [4.69, 9.17) is 14.4 Å². The van der Waals surface area contributed by atoms with Crippen molar-refractivity contribution in [1.29, 1.82) is 0 Å². The molecular formula is C19H15N3O4. The van der Waals surface area contributed by atoms with E-state index in [-0.39, 0.29) is 0 Å². The maximum atomic E-state index is 11.5. The van der Waals surface area contributed by atoms with Gasteiger partial charge in [0.15, 0.2) is 11.6 Å². The Kier molecular flexibility index (Phi) is 3.91. The number of carbonyl (C=O) groups is 1. The van der Waals surface area contributed by atoms with Crippen LogP contribution in [0.3, 0.4) is 0 Å². The van der Waals surface area contributed by atoms with Gasteiger partial charge in [0.2, 0.25) is 0 Å². The first-order valence-electron chi connectivity index (χ1n) is 7.87. The Bertz CT molecular complexity index is 1080. The van der Waals surface area contributed by atoms with E-state index in [2.05, 4.69) is 9.97 Å². The zero-order valence-corrected chi connectivity index (χ0v) is 13.8. The number of rotatable bonds is 4. The van der Waals surface area contributed by atoms with Crippen LogP contribution in [0.25, 0.3) is 33.9 Å². The maximum Gasteiger partial charge on any atom is 0.274 e. The fourth-order valence-corrected chi connectivity index (χ4v) is 2.71. The van der Waals surface area contributed by atoms with E-state index in [1.165, 1.54) is 0 Å². The molecule has 0 aliphatic heterocycles. The van der Waals surface area contributed by atoms with Crippen LogP contribution in [0.1, 0.15) is 10.4 Å². The average molecular weight is 349 g/mol. The van der Waals surface area contributed by atoms with Gasteiger partial charge in [-0.3, -0.25) is 10.0 Å². The van der Waals surface area contributed by atoms with Gasteiger partial charge in [0.25, 0.3) is 5.91 Å². The minimum atomic E-state index is -0.581. The molecule has 3 N–H and O–H groups in total. The fraction of sp³-hybridized carbons (Fsp3) is 0.0526. The summed E-state index contributed by atoms with van der Waals surface area (Å²) in [5.41, 5.74) is 4.23. The second kappa shape index (κ2) is 6.38. The molecule has 2 heterocycles. The van der Waals surface area contributed by atoms with Crippen molar-refractivity contribution in [3.63, 3.8) is 0 Å². The van der Waals surface area contributed by atoms with Gasteiger partial charge in [-0.15, -0.1) is 0 Å². The molecule has 2 aromatic carbocycles. The zero-order chi connectivity index (χ0) is 18.1. The number of imidazole rings is 1. The second-order valence-corrected chi connectivity index (χ2v) is 5.65. The Labute approximate surface area is 148 Å². The van der Waals surface area contributed by atoms with Crippen molar-refractivity contribution in [2.24, 2.45) is 0 Å². The molecule has 0 bridgehead atoms. The summed E-state index contributed by atoms with van der Waals surface area (Å²) in [4.78, 5) is 19.1. The molecule has 26 heavy (non-hydrogen) atoms. The lowest BCUT2D eigenvalue weighted by Crippen LogP contribution is -2.18. The van der Waals surface area contributed by atoms with Crippen LogP contribution in [-0.4, -0.2) is 28.2 Å². The molecule has 0 fully saturated rings. The van der Waals surface area contributed by atoms with E-state index >= 15 is 0 Å². The summed E-state index contributed by atoms with van der Waals surface area (Å²) in [5.74, 6) is 2.05. The van der Waals surface area contributed by atoms with Crippen molar-refractivity contribution in [1.82, 2.24) is 15.4 Å². The van der Waals surface area contributed by atoms with Crippen LogP contribution in [0, 0.1) is 0 Å². The molecular weight excluding hydrogens is 334 g/mol. The number of ether oxygens (including phenoxy) is 1. The van der Waals surface area contributed by atoms with E-state index in [9.17, 15) is 4.79 Å². The number of hydroxylamine groups is 1. The highest BCUT2D eigenvalue weighted by Crippen LogP contribution is 2.29. The number of fused-ring (bicyclic) bond motifs is 1. The Morgan fingerprint density at radius 2 is 1.88 bits per heavy atom. The fourth-order valence-electron chi connectivity index (χ4n) is 2.71. The number of aromatic nitrogens is 2. The molecule has 0 saturated heterocycles. The minimum absolute atomic E-state index is 0.327. The van der Waals surface area contributed by atoms with E-state index in [1.807, 2.05) is 36.4 Å². The van der Waals surface area contributed by atoms with Crippen LogP contribution >= 0.6 is 0 Å². The normalized spacial score (nSPS) is 10.8. The molecule has 1 amide bonds. The number of methoxy groups -OCH3 is 1. The third-order valence-electron chi connectivity index (χ3n) is 4.06. The molecule has 0 aliphatic carbocycles. The van der Waals surface area contributed by atoms with Crippen molar-refractivity contribution in [3.8, 4) is 28.7 Å². The van der Waals surface area contributed by atoms with Crippen molar-refractivity contribution >= 4 is 16.9 Å². The number of hydrogen-bond acceptors (Lipinski definition) is 5. The van der Waals surface area contributed by atoms with Gasteiger partial charge in [-0.1, -0.05) is 0 Å². The van der Waals surface area contributed by atoms with Gasteiger partial charge < -0.3 is 14.1 Å². The predicted molar refractivity (Wildman–Crippen MR) is 95.0 cm³/mol. The summed E-state index contributed by atoms with van der Waals surface area (Å²) in [6.07, 6.45) is 0. The number of benzene rings is 2. The molecule has 4 rings (SSSR count). The van der Waals surface area contributed by atoms with Crippen LogP contribution in [0.2, 0.25) is 0 Å². The third kappa shape index (κ3) is 2.80. The van der Waals surface area contributed by atoms with Crippen LogP contribution in [-0.2, 0) is 0 Å². The lowest BCUT2D eigenvalue weighted by Gasteiger charge is -2.00. The number of H-pyrrole nitrogens is 1. The van der Waals surface area contributed by atoms with Crippen molar-refractivity contribution in [2.75, 3.05) is 7.11 Å². The molecule has 7 heteroatoms. The Morgan fingerprint density at radius 3 is 2.62 bits per heavy atom. The van der Waals surface area contributed by atoms with E-state index in [1.54, 1.807) is 30.8 Å². The third-order valence-corrected chi connectivity index (χ3v) is 4.06. The standard InChI is InChI=1S/C19H15N3O4/c1-25-13-5-2-11(3-6-13)16-8-9-17(26-16)18-20-14-7-4-12(19(23)22-24)10-15(14)21-18/h2-10,24H,1H3,(H,20,21)(H,22,23). The Balaban J connectivity index is 1.67. The van der Waals surface area contributed by atoms with Gasteiger partial charge in [0.1, 0.15) is 11.5 Å². The number of nitrogens with zero attached hydrogens (tertiary/aromatic N) is 1. The number of amides is 1. The number of hydrogen-bond donors (Lipinski definition) is 3.